The molecular weight excluding hydrogens is 280 g/mol. The zero-order valence-electron chi connectivity index (χ0n) is 12.4. The first kappa shape index (κ1) is 14.7. The van der Waals surface area contributed by atoms with Crippen LogP contribution in [0, 0.1) is 0 Å². The standard InChI is InChI=1S/C17H22N2OS/c1-21-15-8-6-14(7-9-15)18-11-13-10-12-4-2-3-5-16(12)19-17(13)20/h2-5,10,14-15,18H,6-9,11H2,1H3,(H,19,20). The maximum Gasteiger partial charge on any atom is 0.252 e. The molecule has 1 aliphatic carbocycles. The molecule has 4 heteroatoms. The minimum Gasteiger partial charge on any atom is -0.322 e. The molecule has 0 spiro atoms. The first-order valence-electron chi connectivity index (χ1n) is 7.63. The Labute approximate surface area is 129 Å². The number of nitrogens with one attached hydrogen (secondary N) is 2. The highest BCUT2D eigenvalue weighted by atomic mass is 32.2. The highest BCUT2D eigenvalue weighted by Gasteiger charge is 2.20. The van der Waals surface area contributed by atoms with Gasteiger partial charge in [-0.05, 0) is 49.5 Å². The van der Waals surface area contributed by atoms with Crippen molar-refractivity contribution in [1.82, 2.24) is 10.3 Å². The Morgan fingerprint density at radius 2 is 2.00 bits per heavy atom. The lowest BCUT2D eigenvalue weighted by molar-refractivity contribution is 0.378. The Bertz CT molecular complexity index is 659. The number of aromatic nitrogens is 1. The van der Waals surface area contributed by atoms with Gasteiger partial charge in [0.1, 0.15) is 0 Å². The summed E-state index contributed by atoms with van der Waals surface area (Å²) in [7, 11) is 0. The van der Waals surface area contributed by atoms with Gasteiger partial charge in [0.25, 0.3) is 5.56 Å². The van der Waals surface area contributed by atoms with Gasteiger partial charge in [0.05, 0.1) is 0 Å². The zero-order valence-corrected chi connectivity index (χ0v) is 13.2. The predicted molar refractivity (Wildman–Crippen MR) is 91.0 cm³/mol. The second-order valence-corrected chi connectivity index (χ2v) is 6.94. The lowest BCUT2D eigenvalue weighted by Gasteiger charge is -2.28. The van der Waals surface area contributed by atoms with Gasteiger partial charge in [-0.2, -0.15) is 11.8 Å². The molecule has 1 saturated carbocycles. The van der Waals surface area contributed by atoms with Crippen molar-refractivity contribution in [2.45, 2.75) is 43.5 Å². The summed E-state index contributed by atoms with van der Waals surface area (Å²) in [6.07, 6.45) is 7.21. The van der Waals surface area contributed by atoms with Crippen LogP contribution in [0.1, 0.15) is 31.2 Å². The summed E-state index contributed by atoms with van der Waals surface area (Å²) in [6.45, 7) is 0.661. The van der Waals surface area contributed by atoms with Crippen LogP contribution in [0.2, 0.25) is 0 Å². The maximum absolute atomic E-state index is 12.1. The van der Waals surface area contributed by atoms with Gasteiger partial charge in [0, 0.05) is 28.9 Å². The number of hydrogen-bond donors (Lipinski definition) is 2. The smallest absolute Gasteiger partial charge is 0.252 e. The number of rotatable bonds is 4. The summed E-state index contributed by atoms with van der Waals surface area (Å²) >= 11 is 1.98. The van der Waals surface area contributed by atoms with Crippen LogP contribution in [0.15, 0.2) is 35.1 Å². The summed E-state index contributed by atoms with van der Waals surface area (Å²) in [5, 5.41) is 5.48. The van der Waals surface area contributed by atoms with E-state index >= 15 is 0 Å². The summed E-state index contributed by atoms with van der Waals surface area (Å²) in [4.78, 5) is 15.1. The summed E-state index contributed by atoms with van der Waals surface area (Å²) in [5.74, 6) is 0. The minimum atomic E-state index is 0.0269. The number of H-pyrrole nitrogens is 1. The largest absolute Gasteiger partial charge is 0.322 e. The number of benzene rings is 1. The third kappa shape index (κ3) is 3.50. The minimum absolute atomic E-state index is 0.0269. The molecule has 0 saturated heterocycles. The molecule has 0 bridgehead atoms. The third-order valence-electron chi connectivity index (χ3n) is 4.42. The van der Waals surface area contributed by atoms with Gasteiger partial charge >= 0.3 is 0 Å². The number of thioether (sulfide) groups is 1. The van der Waals surface area contributed by atoms with Crippen LogP contribution in [0.3, 0.4) is 0 Å². The van der Waals surface area contributed by atoms with Gasteiger partial charge in [0.2, 0.25) is 0 Å². The number of hydrogen-bond acceptors (Lipinski definition) is 3. The van der Waals surface area contributed by atoms with Crippen LogP contribution >= 0.6 is 11.8 Å². The van der Waals surface area contributed by atoms with Crippen molar-refractivity contribution >= 4 is 22.7 Å². The first-order valence-corrected chi connectivity index (χ1v) is 8.92. The Balaban J connectivity index is 1.65. The van der Waals surface area contributed by atoms with Crippen LogP contribution in [-0.2, 0) is 6.54 Å². The van der Waals surface area contributed by atoms with Gasteiger partial charge in [-0.25, -0.2) is 0 Å². The highest BCUT2D eigenvalue weighted by Crippen LogP contribution is 2.26. The normalized spacial score (nSPS) is 22.5. The average molecular weight is 302 g/mol. The quantitative estimate of drug-likeness (QED) is 0.911. The van der Waals surface area contributed by atoms with Crippen molar-refractivity contribution in [3.05, 3.63) is 46.2 Å². The van der Waals surface area contributed by atoms with Crippen molar-refractivity contribution in [2.24, 2.45) is 0 Å². The van der Waals surface area contributed by atoms with E-state index in [0.29, 0.717) is 12.6 Å². The number of para-hydroxylation sites is 1. The van der Waals surface area contributed by atoms with Crippen LogP contribution < -0.4 is 10.9 Å². The zero-order chi connectivity index (χ0) is 14.7. The van der Waals surface area contributed by atoms with E-state index in [1.165, 1.54) is 25.7 Å². The number of fused-ring (bicyclic) bond motifs is 1. The molecule has 1 aliphatic rings. The van der Waals surface area contributed by atoms with E-state index in [0.717, 1.165) is 21.7 Å². The Morgan fingerprint density at radius 1 is 1.24 bits per heavy atom. The van der Waals surface area contributed by atoms with Gasteiger partial charge < -0.3 is 10.3 Å². The number of pyridine rings is 1. The van der Waals surface area contributed by atoms with Crippen molar-refractivity contribution in [3.8, 4) is 0 Å². The molecule has 0 amide bonds. The SMILES string of the molecule is CSC1CCC(NCc2cc3ccccc3[nH]c2=O)CC1. The molecule has 1 fully saturated rings. The highest BCUT2D eigenvalue weighted by molar-refractivity contribution is 7.99. The van der Waals surface area contributed by atoms with E-state index < -0.39 is 0 Å². The number of aromatic amines is 1. The third-order valence-corrected chi connectivity index (χ3v) is 5.56. The molecule has 3 nitrogen and oxygen atoms in total. The van der Waals surface area contributed by atoms with Crippen molar-refractivity contribution in [1.29, 1.82) is 0 Å². The summed E-state index contributed by atoms with van der Waals surface area (Å²) < 4.78 is 0. The molecule has 3 rings (SSSR count). The molecule has 0 atom stereocenters. The lowest BCUT2D eigenvalue weighted by atomic mass is 9.95. The lowest BCUT2D eigenvalue weighted by Crippen LogP contribution is -2.34. The van der Waals surface area contributed by atoms with Gasteiger partial charge in [-0.15, -0.1) is 0 Å². The molecular formula is C17H22N2OS. The van der Waals surface area contributed by atoms with Gasteiger partial charge in [-0.1, -0.05) is 18.2 Å². The van der Waals surface area contributed by atoms with E-state index in [1.54, 1.807) is 0 Å². The second kappa shape index (κ2) is 6.67. The molecule has 1 heterocycles. The molecule has 112 valence electrons. The molecule has 1 aromatic carbocycles. The fourth-order valence-electron chi connectivity index (χ4n) is 3.08. The molecule has 1 aromatic heterocycles. The monoisotopic (exact) mass is 302 g/mol. The fourth-order valence-corrected chi connectivity index (χ4v) is 3.82. The summed E-state index contributed by atoms with van der Waals surface area (Å²) in [5.41, 5.74) is 1.77. The molecule has 0 aliphatic heterocycles. The van der Waals surface area contributed by atoms with E-state index in [2.05, 4.69) is 16.6 Å². The van der Waals surface area contributed by atoms with E-state index in [-0.39, 0.29) is 5.56 Å². The van der Waals surface area contributed by atoms with Crippen LogP contribution in [0.4, 0.5) is 0 Å². The molecule has 2 aromatic rings. The fraction of sp³-hybridized carbons (Fsp3) is 0.471. The van der Waals surface area contributed by atoms with Crippen LogP contribution in [0.25, 0.3) is 10.9 Å². The van der Waals surface area contributed by atoms with E-state index in [1.807, 2.05) is 42.1 Å². The Hall–Kier alpha value is -1.26. The second-order valence-electron chi connectivity index (χ2n) is 5.80. The van der Waals surface area contributed by atoms with Crippen molar-refractivity contribution in [3.63, 3.8) is 0 Å². The molecule has 2 N–H and O–H groups in total. The van der Waals surface area contributed by atoms with Gasteiger partial charge in [-0.3, -0.25) is 4.79 Å². The average Bonchev–Trinajstić information content (AvgIpc) is 2.53. The van der Waals surface area contributed by atoms with Crippen molar-refractivity contribution < 1.29 is 0 Å². The van der Waals surface area contributed by atoms with Crippen LogP contribution in [0.5, 0.6) is 0 Å². The maximum atomic E-state index is 12.1. The predicted octanol–water partition coefficient (Wildman–Crippen LogP) is 3.29. The topological polar surface area (TPSA) is 44.9 Å². The van der Waals surface area contributed by atoms with E-state index in [4.69, 9.17) is 0 Å². The Kier molecular flexibility index (Phi) is 4.66. The first-order chi connectivity index (χ1) is 10.3. The summed E-state index contributed by atoms with van der Waals surface area (Å²) in [6, 6.07) is 10.5. The Morgan fingerprint density at radius 3 is 2.76 bits per heavy atom. The molecule has 0 unspecified atom stereocenters. The van der Waals surface area contributed by atoms with Crippen LogP contribution in [-0.4, -0.2) is 22.5 Å². The molecule has 0 radical (unpaired) electrons. The van der Waals surface area contributed by atoms with Gasteiger partial charge in [0.15, 0.2) is 0 Å². The van der Waals surface area contributed by atoms with E-state index in [9.17, 15) is 4.79 Å². The molecule has 21 heavy (non-hydrogen) atoms. The van der Waals surface area contributed by atoms with Crippen molar-refractivity contribution in [2.75, 3.05) is 6.26 Å².